The van der Waals surface area contributed by atoms with Gasteiger partial charge in [0.2, 0.25) is 0 Å². The predicted molar refractivity (Wildman–Crippen MR) is 63.3 cm³/mol. The Morgan fingerprint density at radius 3 is 2.33 bits per heavy atom. The van der Waals surface area contributed by atoms with E-state index in [1.54, 1.807) is 6.07 Å². The second kappa shape index (κ2) is 3.92. The number of hydrogen-bond acceptors (Lipinski definition) is 3. The molecule has 0 bridgehead atoms. The molecular formula is C11H12BNO2. The summed E-state index contributed by atoms with van der Waals surface area (Å²) < 4.78 is 0. The minimum absolute atomic E-state index is 0.532. The molecule has 0 unspecified atom stereocenters. The Morgan fingerprint density at radius 2 is 1.67 bits per heavy atom. The monoisotopic (exact) mass is 201 g/mol. The summed E-state index contributed by atoms with van der Waals surface area (Å²) >= 11 is 0. The Morgan fingerprint density at radius 1 is 1.00 bits per heavy atom. The molecule has 0 saturated heterocycles. The minimum Gasteiger partial charge on any atom is -0.423 e. The molecule has 0 atom stereocenters. The third-order valence-electron chi connectivity index (χ3n) is 2.50. The van der Waals surface area contributed by atoms with Gasteiger partial charge in [-0.1, -0.05) is 30.3 Å². The second-order valence-corrected chi connectivity index (χ2v) is 3.37. The van der Waals surface area contributed by atoms with Gasteiger partial charge in [0.15, 0.2) is 0 Å². The van der Waals surface area contributed by atoms with Crippen molar-refractivity contribution in [1.29, 1.82) is 0 Å². The van der Waals surface area contributed by atoms with Crippen LogP contribution in [0.25, 0.3) is 10.8 Å². The number of rotatable bonds is 2. The van der Waals surface area contributed by atoms with Crippen LogP contribution in [0, 0.1) is 0 Å². The van der Waals surface area contributed by atoms with Crippen LogP contribution in [-0.2, 0) is 0 Å². The number of benzene rings is 2. The van der Waals surface area contributed by atoms with Gasteiger partial charge in [0.05, 0.1) is 0 Å². The molecule has 0 heterocycles. The second-order valence-electron chi connectivity index (χ2n) is 3.37. The lowest BCUT2D eigenvalue weighted by Crippen LogP contribution is -2.30. The summed E-state index contributed by atoms with van der Waals surface area (Å²) in [4.78, 5) is 0. The van der Waals surface area contributed by atoms with Crippen molar-refractivity contribution >= 4 is 29.0 Å². The molecule has 2 rings (SSSR count). The van der Waals surface area contributed by atoms with Crippen LogP contribution in [0.4, 0.5) is 5.69 Å². The van der Waals surface area contributed by atoms with E-state index in [2.05, 4.69) is 5.32 Å². The Labute approximate surface area is 88.5 Å². The summed E-state index contributed by atoms with van der Waals surface area (Å²) in [5, 5.41) is 23.4. The van der Waals surface area contributed by atoms with Crippen LogP contribution in [0.2, 0.25) is 0 Å². The van der Waals surface area contributed by atoms with Crippen LogP contribution in [0.3, 0.4) is 0 Å². The van der Waals surface area contributed by atoms with E-state index in [4.69, 9.17) is 0 Å². The third-order valence-corrected chi connectivity index (χ3v) is 2.50. The van der Waals surface area contributed by atoms with Crippen molar-refractivity contribution in [3.63, 3.8) is 0 Å². The standard InChI is InChI=1S/C11H12BNO2/c1-13-11-7-3-4-8-9(11)5-2-6-10(8)12(14)15/h2-7,13-15H,1H3. The molecular weight excluding hydrogens is 189 g/mol. The van der Waals surface area contributed by atoms with Gasteiger partial charge in [0.1, 0.15) is 0 Å². The molecule has 0 spiro atoms. The lowest BCUT2D eigenvalue weighted by Gasteiger charge is -2.09. The first-order valence-corrected chi connectivity index (χ1v) is 4.79. The highest BCUT2D eigenvalue weighted by molar-refractivity contribution is 6.62. The van der Waals surface area contributed by atoms with Gasteiger partial charge >= 0.3 is 7.12 Å². The number of anilines is 1. The van der Waals surface area contributed by atoms with E-state index in [1.165, 1.54) is 0 Å². The fraction of sp³-hybridized carbons (Fsp3) is 0.0909. The normalized spacial score (nSPS) is 10.3. The highest BCUT2D eigenvalue weighted by Crippen LogP contribution is 2.21. The number of hydrogen-bond donors (Lipinski definition) is 3. The van der Waals surface area contributed by atoms with Crippen molar-refractivity contribution in [1.82, 2.24) is 0 Å². The SMILES string of the molecule is CNc1cccc2c(B(O)O)cccc12. The molecule has 3 nitrogen and oxygen atoms in total. The fourth-order valence-corrected chi connectivity index (χ4v) is 1.78. The molecule has 0 aromatic heterocycles. The molecule has 0 amide bonds. The van der Waals surface area contributed by atoms with Crippen LogP contribution < -0.4 is 10.8 Å². The highest BCUT2D eigenvalue weighted by Gasteiger charge is 2.14. The summed E-state index contributed by atoms with van der Waals surface area (Å²) in [6.07, 6.45) is 0. The molecule has 2 aromatic carbocycles. The quantitative estimate of drug-likeness (QED) is 0.622. The molecule has 0 fully saturated rings. The fourth-order valence-electron chi connectivity index (χ4n) is 1.78. The average Bonchev–Trinajstić information content (AvgIpc) is 2.27. The van der Waals surface area contributed by atoms with E-state index >= 15 is 0 Å². The third kappa shape index (κ3) is 1.69. The van der Waals surface area contributed by atoms with Crippen LogP contribution in [0.1, 0.15) is 0 Å². The maximum atomic E-state index is 9.22. The molecule has 0 aliphatic carbocycles. The van der Waals surface area contributed by atoms with E-state index in [9.17, 15) is 10.0 Å². The molecule has 0 radical (unpaired) electrons. The first-order valence-electron chi connectivity index (χ1n) is 4.79. The zero-order valence-corrected chi connectivity index (χ0v) is 8.44. The predicted octanol–water partition coefficient (Wildman–Crippen LogP) is 0.561. The summed E-state index contributed by atoms with van der Waals surface area (Å²) in [7, 11) is 0.414. The Balaban J connectivity index is 2.76. The van der Waals surface area contributed by atoms with Crippen LogP contribution in [-0.4, -0.2) is 24.2 Å². The molecule has 0 saturated carbocycles. The van der Waals surface area contributed by atoms with Gasteiger partial charge in [0, 0.05) is 18.1 Å². The molecule has 2 aromatic rings. The zero-order valence-electron chi connectivity index (χ0n) is 8.44. The van der Waals surface area contributed by atoms with Gasteiger partial charge in [-0.3, -0.25) is 0 Å². The topological polar surface area (TPSA) is 52.5 Å². The van der Waals surface area contributed by atoms with Crippen molar-refractivity contribution in [3.05, 3.63) is 36.4 Å². The first-order chi connectivity index (χ1) is 7.24. The van der Waals surface area contributed by atoms with Crippen molar-refractivity contribution in [2.24, 2.45) is 0 Å². The van der Waals surface area contributed by atoms with Gasteiger partial charge in [-0.2, -0.15) is 0 Å². The average molecular weight is 201 g/mol. The summed E-state index contributed by atoms with van der Waals surface area (Å²) in [5.41, 5.74) is 1.51. The summed E-state index contributed by atoms with van der Waals surface area (Å²) in [6, 6.07) is 11.2. The van der Waals surface area contributed by atoms with Gasteiger partial charge in [0.25, 0.3) is 0 Å². The zero-order chi connectivity index (χ0) is 10.8. The maximum absolute atomic E-state index is 9.22. The van der Waals surface area contributed by atoms with Crippen LogP contribution in [0.5, 0.6) is 0 Å². The van der Waals surface area contributed by atoms with E-state index in [-0.39, 0.29) is 0 Å². The smallest absolute Gasteiger partial charge is 0.423 e. The molecule has 3 N–H and O–H groups in total. The largest absolute Gasteiger partial charge is 0.489 e. The summed E-state index contributed by atoms with van der Waals surface area (Å²) in [5.74, 6) is 0. The van der Waals surface area contributed by atoms with Gasteiger partial charge in [-0.15, -0.1) is 0 Å². The van der Waals surface area contributed by atoms with Gasteiger partial charge in [-0.25, -0.2) is 0 Å². The molecule has 15 heavy (non-hydrogen) atoms. The Kier molecular flexibility index (Phi) is 2.62. The summed E-state index contributed by atoms with van der Waals surface area (Å²) in [6.45, 7) is 0. The lowest BCUT2D eigenvalue weighted by molar-refractivity contribution is 0.426. The number of fused-ring (bicyclic) bond motifs is 1. The van der Waals surface area contributed by atoms with Crippen molar-refractivity contribution < 1.29 is 10.0 Å². The van der Waals surface area contributed by atoms with Crippen molar-refractivity contribution in [3.8, 4) is 0 Å². The molecule has 4 heteroatoms. The maximum Gasteiger partial charge on any atom is 0.489 e. The lowest BCUT2D eigenvalue weighted by atomic mass is 9.77. The number of nitrogens with one attached hydrogen (secondary N) is 1. The van der Waals surface area contributed by atoms with Crippen molar-refractivity contribution in [2.45, 2.75) is 0 Å². The molecule has 0 aliphatic heterocycles. The van der Waals surface area contributed by atoms with Crippen LogP contribution >= 0.6 is 0 Å². The molecule has 0 aliphatic rings. The van der Waals surface area contributed by atoms with Crippen molar-refractivity contribution in [2.75, 3.05) is 12.4 Å². The highest BCUT2D eigenvalue weighted by atomic mass is 16.4. The van der Waals surface area contributed by atoms with E-state index in [0.29, 0.717) is 5.46 Å². The van der Waals surface area contributed by atoms with Gasteiger partial charge < -0.3 is 15.4 Å². The first kappa shape index (κ1) is 10.0. The minimum atomic E-state index is -1.43. The molecule has 76 valence electrons. The van der Waals surface area contributed by atoms with Gasteiger partial charge in [-0.05, 0) is 16.9 Å². The Hall–Kier alpha value is -1.52. The Bertz CT molecular complexity index is 485. The van der Waals surface area contributed by atoms with E-state index < -0.39 is 7.12 Å². The van der Waals surface area contributed by atoms with E-state index in [1.807, 2.05) is 37.4 Å². The van der Waals surface area contributed by atoms with E-state index in [0.717, 1.165) is 16.5 Å². The van der Waals surface area contributed by atoms with Crippen LogP contribution in [0.15, 0.2) is 36.4 Å².